The van der Waals surface area contributed by atoms with Gasteiger partial charge in [0, 0.05) is 22.3 Å². The fourth-order valence-corrected chi connectivity index (χ4v) is 3.70. The Bertz CT molecular complexity index is 953. The number of benzene rings is 1. The second kappa shape index (κ2) is 6.08. The van der Waals surface area contributed by atoms with Crippen LogP contribution in [0.15, 0.2) is 47.6 Å². The van der Waals surface area contributed by atoms with E-state index in [2.05, 4.69) is 4.99 Å². The van der Waals surface area contributed by atoms with Gasteiger partial charge in [0.25, 0.3) is 5.91 Å². The van der Waals surface area contributed by atoms with Gasteiger partial charge >= 0.3 is 0 Å². The highest BCUT2D eigenvalue weighted by molar-refractivity contribution is 7.21. The van der Waals surface area contributed by atoms with Gasteiger partial charge in [-0.1, -0.05) is 12.1 Å². The highest BCUT2D eigenvalue weighted by Crippen LogP contribution is 2.32. The molecule has 1 aromatic carbocycles. The van der Waals surface area contributed by atoms with Crippen LogP contribution in [0.5, 0.6) is 0 Å². The SMILES string of the molecule is Cc1c(C(=O)n2ccccc2=NC(C)C)sc2cccc(F)c12. The maximum absolute atomic E-state index is 14.0. The average Bonchev–Trinajstić information content (AvgIpc) is 2.85. The number of carbonyl (C=O) groups is 1. The number of thiophene rings is 1. The maximum atomic E-state index is 14.0. The normalized spacial score (nSPS) is 12.3. The molecule has 2 heterocycles. The van der Waals surface area contributed by atoms with Gasteiger partial charge in [-0.2, -0.15) is 0 Å². The van der Waals surface area contributed by atoms with E-state index in [-0.39, 0.29) is 17.8 Å². The van der Waals surface area contributed by atoms with Gasteiger partial charge in [-0.3, -0.25) is 14.4 Å². The fraction of sp³-hybridized carbons (Fsp3) is 0.222. The first-order chi connectivity index (χ1) is 11.0. The van der Waals surface area contributed by atoms with Gasteiger partial charge < -0.3 is 0 Å². The maximum Gasteiger partial charge on any atom is 0.273 e. The molecule has 3 rings (SSSR count). The van der Waals surface area contributed by atoms with Gasteiger partial charge in [0.2, 0.25) is 0 Å². The number of fused-ring (bicyclic) bond motifs is 1. The zero-order valence-electron chi connectivity index (χ0n) is 13.2. The van der Waals surface area contributed by atoms with E-state index in [9.17, 15) is 9.18 Å². The van der Waals surface area contributed by atoms with Crippen LogP contribution in [0, 0.1) is 12.7 Å². The molecule has 0 aliphatic carbocycles. The minimum atomic E-state index is -0.291. The number of pyridine rings is 1. The molecule has 0 spiro atoms. The van der Waals surface area contributed by atoms with Crippen molar-refractivity contribution in [2.45, 2.75) is 26.8 Å². The van der Waals surface area contributed by atoms with Crippen LogP contribution in [0.4, 0.5) is 4.39 Å². The minimum absolute atomic E-state index is 0.0809. The third kappa shape index (κ3) is 2.84. The number of aromatic nitrogens is 1. The lowest BCUT2D eigenvalue weighted by atomic mass is 10.1. The monoisotopic (exact) mass is 328 g/mol. The fourth-order valence-electron chi connectivity index (χ4n) is 2.54. The number of aryl methyl sites for hydroxylation is 1. The smallest absolute Gasteiger partial charge is 0.267 e. The van der Waals surface area contributed by atoms with Crippen molar-refractivity contribution in [1.82, 2.24) is 4.57 Å². The molecule has 0 N–H and O–H groups in total. The van der Waals surface area contributed by atoms with Crippen molar-refractivity contribution in [2.75, 3.05) is 0 Å². The summed E-state index contributed by atoms with van der Waals surface area (Å²) in [5.74, 6) is -0.469. The largest absolute Gasteiger partial charge is 0.273 e. The molecule has 0 amide bonds. The summed E-state index contributed by atoms with van der Waals surface area (Å²) in [6.45, 7) is 5.71. The van der Waals surface area contributed by atoms with Crippen LogP contribution in [-0.2, 0) is 0 Å². The van der Waals surface area contributed by atoms with E-state index in [0.717, 1.165) is 4.70 Å². The Labute approximate surface area is 137 Å². The number of halogens is 1. The van der Waals surface area contributed by atoms with Gasteiger partial charge in [0.15, 0.2) is 0 Å². The third-order valence-electron chi connectivity index (χ3n) is 3.54. The summed E-state index contributed by atoms with van der Waals surface area (Å²) < 4.78 is 16.4. The molecule has 0 radical (unpaired) electrons. The summed E-state index contributed by atoms with van der Waals surface area (Å²) in [4.78, 5) is 18.0. The molecule has 0 saturated carbocycles. The van der Waals surface area contributed by atoms with Crippen molar-refractivity contribution in [3.8, 4) is 0 Å². The Morgan fingerprint density at radius 1 is 1.22 bits per heavy atom. The first-order valence-corrected chi connectivity index (χ1v) is 8.24. The number of hydrogen-bond acceptors (Lipinski definition) is 3. The number of hydrogen-bond donors (Lipinski definition) is 0. The zero-order chi connectivity index (χ0) is 16.6. The molecule has 118 valence electrons. The highest BCUT2D eigenvalue weighted by atomic mass is 32.1. The predicted molar refractivity (Wildman–Crippen MR) is 91.4 cm³/mol. The van der Waals surface area contributed by atoms with Crippen molar-refractivity contribution in [3.63, 3.8) is 0 Å². The Morgan fingerprint density at radius 3 is 2.70 bits per heavy atom. The number of carbonyl (C=O) groups excluding carboxylic acids is 1. The lowest BCUT2D eigenvalue weighted by Crippen LogP contribution is -2.27. The van der Waals surface area contributed by atoms with E-state index < -0.39 is 0 Å². The van der Waals surface area contributed by atoms with Crippen molar-refractivity contribution < 1.29 is 9.18 Å². The van der Waals surface area contributed by atoms with Crippen LogP contribution in [0.25, 0.3) is 10.1 Å². The van der Waals surface area contributed by atoms with E-state index in [1.165, 1.54) is 22.0 Å². The summed E-state index contributed by atoms with van der Waals surface area (Å²) in [5, 5.41) is 0.528. The molecule has 0 bridgehead atoms. The summed E-state index contributed by atoms with van der Waals surface area (Å²) in [5.41, 5.74) is 1.28. The van der Waals surface area contributed by atoms with E-state index in [1.54, 1.807) is 31.3 Å². The van der Waals surface area contributed by atoms with Crippen LogP contribution in [0.1, 0.15) is 29.1 Å². The summed E-state index contributed by atoms with van der Waals surface area (Å²) >= 11 is 1.32. The molecule has 23 heavy (non-hydrogen) atoms. The van der Waals surface area contributed by atoms with E-state index in [4.69, 9.17) is 0 Å². The second-order valence-corrected chi connectivity index (χ2v) is 6.68. The molecule has 0 saturated heterocycles. The van der Waals surface area contributed by atoms with Crippen molar-refractivity contribution in [2.24, 2.45) is 4.99 Å². The number of nitrogens with zero attached hydrogens (tertiary/aromatic N) is 2. The highest BCUT2D eigenvalue weighted by Gasteiger charge is 2.19. The number of rotatable bonds is 2. The summed E-state index contributed by atoms with van der Waals surface area (Å²) in [6.07, 6.45) is 1.70. The topological polar surface area (TPSA) is 34.4 Å². The molecular weight excluding hydrogens is 311 g/mol. The lowest BCUT2D eigenvalue weighted by Gasteiger charge is -2.06. The molecule has 0 aliphatic heterocycles. The molecule has 0 aliphatic rings. The third-order valence-corrected chi connectivity index (χ3v) is 4.79. The lowest BCUT2D eigenvalue weighted by molar-refractivity contribution is 0.0958. The van der Waals surface area contributed by atoms with E-state index in [1.807, 2.05) is 26.0 Å². The molecular formula is C18H17FN2OS. The molecule has 5 heteroatoms. The predicted octanol–water partition coefficient (Wildman–Crippen LogP) is 4.15. The zero-order valence-corrected chi connectivity index (χ0v) is 14.0. The standard InChI is InChI=1S/C18H17FN2OS/c1-11(2)20-15-9-4-5-10-21(15)18(22)17-12(3)16-13(19)7-6-8-14(16)23-17/h4-11H,1-3H3. The Morgan fingerprint density at radius 2 is 2.00 bits per heavy atom. The van der Waals surface area contributed by atoms with E-state index in [0.29, 0.717) is 21.3 Å². The van der Waals surface area contributed by atoms with Crippen LogP contribution >= 0.6 is 11.3 Å². The summed E-state index contributed by atoms with van der Waals surface area (Å²) in [7, 11) is 0. The van der Waals surface area contributed by atoms with Gasteiger partial charge in [0.1, 0.15) is 11.3 Å². The Balaban J connectivity index is 2.20. The van der Waals surface area contributed by atoms with Crippen LogP contribution in [0.2, 0.25) is 0 Å². The van der Waals surface area contributed by atoms with E-state index >= 15 is 0 Å². The van der Waals surface area contributed by atoms with Gasteiger partial charge in [-0.15, -0.1) is 11.3 Å². The van der Waals surface area contributed by atoms with Crippen molar-refractivity contribution in [3.05, 3.63) is 64.3 Å². The van der Waals surface area contributed by atoms with Gasteiger partial charge in [-0.05, 0) is 50.6 Å². The van der Waals surface area contributed by atoms with Gasteiger partial charge in [-0.25, -0.2) is 4.39 Å². The first-order valence-electron chi connectivity index (χ1n) is 7.43. The molecule has 0 unspecified atom stereocenters. The molecule has 2 aromatic heterocycles. The summed E-state index contributed by atoms with van der Waals surface area (Å²) in [6, 6.07) is 10.5. The molecule has 0 atom stereocenters. The first kappa shape index (κ1) is 15.6. The second-order valence-electron chi connectivity index (χ2n) is 5.63. The Kier molecular flexibility index (Phi) is 4.13. The van der Waals surface area contributed by atoms with Crippen molar-refractivity contribution in [1.29, 1.82) is 0 Å². The van der Waals surface area contributed by atoms with Crippen LogP contribution < -0.4 is 5.49 Å². The quantitative estimate of drug-likeness (QED) is 0.696. The van der Waals surface area contributed by atoms with Crippen LogP contribution in [0.3, 0.4) is 0 Å². The average molecular weight is 328 g/mol. The Hall–Kier alpha value is -2.27. The molecule has 3 nitrogen and oxygen atoms in total. The molecule has 3 aromatic rings. The van der Waals surface area contributed by atoms with Crippen LogP contribution in [-0.4, -0.2) is 16.5 Å². The van der Waals surface area contributed by atoms with Gasteiger partial charge in [0.05, 0.1) is 4.88 Å². The van der Waals surface area contributed by atoms with Crippen molar-refractivity contribution >= 4 is 27.3 Å². The minimum Gasteiger partial charge on any atom is -0.267 e. The molecule has 0 fully saturated rings.